The van der Waals surface area contributed by atoms with Gasteiger partial charge in [-0.1, -0.05) is 18.2 Å². The van der Waals surface area contributed by atoms with E-state index in [4.69, 9.17) is 4.74 Å². The van der Waals surface area contributed by atoms with E-state index < -0.39 is 0 Å². The summed E-state index contributed by atoms with van der Waals surface area (Å²) in [5, 5.41) is 4.55. The van der Waals surface area contributed by atoms with Gasteiger partial charge in [-0.2, -0.15) is 0 Å². The molecule has 94 valence electrons. The molecule has 1 aliphatic rings. The maximum absolute atomic E-state index is 5.80. The quantitative estimate of drug-likeness (QED) is 0.791. The van der Waals surface area contributed by atoms with Crippen molar-refractivity contribution >= 4 is 10.9 Å². The molecule has 1 heterocycles. The second-order valence-corrected chi connectivity index (χ2v) is 4.83. The van der Waals surface area contributed by atoms with Gasteiger partial charge in [-0.3, -0.25) is 4.98 Å². The van der Waals surface area contributed by atoms with Gasteiger partial charge in [0.25, 0.3) is 0 Å². The van der Waals surface area contributed by atoms with E-state index in [0.29, 0.717) is 6.61 Å². The monoisotopic (exact) mass is 242 g/mol. The number of nitrogens with zero attached hydrogens (tertiary/aromatic N) is 1. The van der Waals surface area contributed by atoms with Gasteiger partial charge in [0.05, 0.1) is 0 Å². The van der Waals surface area contributed by atoms with Crippen LogP contribution in [0.2, 0.25) is 0 Å². The minimum absolute atomic E-state index is 0.697. The van der Waals surface area contributed by atoms with E-state index in [-0.39, 0.29) is 0 Å². The maximum atomic E-state index is 5.80. The highest BCUT2D eigenvalue weighted by atomic mass is 16.5. The van der Waals surface area contributed by atoms with Gasteiger partial charge in [0.15, 0.2) is 0 Å². The van der Waals surface area contributed by atoms with Crippen LogP contribution in [0.25, 0.3) is 10.9 Å². The second-order valence-electron chi connectivity index (χ2n) is 4.83. The minimum Gasteiger partial charge on any atom is -0.490 e. The zero-order chi connectivity index (χ0) is 12.2. The number of para-hydroxylation sites is 1. The van der Waals surface area contributed by atoms with Crippen molar-refractivity contribution in [3.8, 4) is 5.75 Å². The summed E-state index contributed by atoms with van der Waals surface area (Å²) >= 11 is 0. The lowest BCUT2D eigenvalue weighted by Crippen LogP contribution is -2.23. The molecule has 0 saturated heterocycles. The lowest BCUT2D eigenvalue weighted by molar-refractivity contribution is 0.316. The SMILES string of the molecule is c1cnc2c(OCCNCC3CC3)cccc2c1. The topological polar surface area (TPSA) is 34.1 Å². The molecule has 18 heavy (non-hydrogen) atoms. The Morgan fingerprint density at radius 2 is 2.11 bits per heavy atom. The first kappa shape index (κ1) is 11.5. The van der Waals surface area contributed by atoms with Crippen LogP contribution in [0, 0.1) is 5.92 Å². The number of fused-ring (bicyclic) bond motifs is 1. The molecule has 1 aliphatic carbocycles. The molecule has 0 atom stereocenters. The van der Waals surface area contributed by atoms with Crippen LogP contribution in [-0.2, 0) is 0 Å². The highest BCUT2D eigenvalue weighted by molar-refractivity contribution is 5.84. The van der Waals surface area contributed by atoms with Gasteiger partial charge >= 0.3 is 0 Å². The highest BCUT2D eigenvalue weighted by Crippen LogP contribution is 2.27. The molecule has 0 spiro atoms. The van der Waals surface area contributed by atoms with E-state index >= 15 is 0 Å². The van der Waals surface area contributed by atoms with E-state index in [0.717, 1.165) is 35.7 Å². The standard InChI is InChI=1S/C15H18N2O/c1-3-13-4-2-8-17-15(13)14(5-1)18-10-9-16-11-12-6-7-12/h1-5,8,12,16H,6-7,9-11H2. The number of ether oxygens (including phenoxy) is 1. The van der Waals surface area contributed by atoms with Crippen LogP contribution in [0.4, 0.5) is 0 Å². The van der Waals surface area contributed by atoms with Gasteiger partial charge in [-0.05, 0) is 37.4 Å². The van der Waals surface area contributed by atoms with Crippen molar-refractivity contribution in [1.29, 1.82) is 0 Å². The number of aromatic nitrogens is 1. The van der Waals surface area contributed by atoms with E-state index in [1.165, 1.54) is 12.8 Å². The Bertz CT molecular complexity index is 517. The van der Waals surface area contributed by atoms with Crippen LogP contribution in [0.1, 0.15) is 12.8 Å². The molecular formula is C15H18N2O. The molecule has 1 N–H and O–H groups in total. The maximum Gasteiger partial charge on any atom is 0.145 e. The van der Waals surface area contributed by atoms with Crippen molar-refractivity contribution in [3.05, 3.63) is 36.5 Å². The van der Waals surface area contributed by atoms with Crippen molar-refractivity contribution in [2.75, 3.05) is 19.7 Å². The lowest BCUT2D eigenvalue weighted by Gasteiger charge is -2.09. The first-order chi connectivity index (χ1) is 8.93. The molecule has 2 aromatic rings. The molecule has 1 aromatic carbocycles. The van der Waals surface area contributed by atoms with Crippen molar-refractivity contribution in [2.45, 2.75) is 12.8 Å². The number of nitrogens with one attached hydrogen (secondary N) is 1. The Kier molecular flexibility index (Phi) is 3.42. The summed E-state index contributed by atoms with van der Waals surface area (Å²) in [6, 6.07) is 10.1. The Balaban J connectivity index is 1.56. The normalized spacial score (nSPS) is 14.9. The fourth-order valence-corrected chi connectivity index (χ4v) is 2.05. The molecule has 0 unspecified atom stereocenters. The Labute approximate surface area is 107 Å². The summed E-state index contributed by atoms with van der Waals surface area (Å²) in [6.45, 7) is 2.74. The first-order valence-corrected chi connectivity index (χ1v) is 6.61. The van der Waals surface area contributed by atoms with Crippen molar-refractivity contribution in [3.63, 3.8) is 0 Å². The number of hydrogen-bond acceptors (Lipinski definition) is 3. The fraction of sp³-hybridized carbons (Fsp3) is 0.400. The molecule has 0 amide bonds. The van der Waals surface area contributed by atoms with Crippen LogP contribution in [0.5, 0.6) is 5.75 Å². The summed E-state index contributed by atoms with van der Waals surface area (Å²) in [6.07, 6.45) is 4.59. The van der Waals surface area contributed by atoms with Gasteiger partial charge in [-0.25, -0.2) is 0 Å². The van der Waals surface area contributed by atoms with E-state index in [1.807, 2.05) is 18.2 Å². The molecule has 1 aromatic heterocycles. The smallest absolute Gasteiger partial charge is 0.145 e. The second kappa shape index (κ2) is 5.36. The Morgan fingerprint density at radius 3 is 3.00 bits per heavy atom. The number of pyridine rings is 1. The van der Waals surface area contributed by atoms with Crippen LogP contribution in [0.15, 0.2) is 36.5 Å². The third-order valence-electron chi connectivity index (χ3n) is 3.26. The molecular weight excluding hydrogens is 224 g/mol. The fourth-order valence-electron chi connectivity index (χ4n) is 2.05. The Hall–Kier alpha value is -1.61. The Morgan fingerprint density at radius 1 is 1.22 bits per heavy atom. The van der Waals surface area contributed by atoms with E-state index in [1.54, 1.807) is 6.20 Å². The van der Waals surface area contributed by atoms with Crippen molar-refractivity contribution in [2.24, 2.45) is 5.92 Å². The zero-order valence-electron chi connectivity index (χ0n) is 10.4. The molecule has 3 nitrogen and oxygen atoms in total. The van der Waals surface area contributed by atoms with Gasteiger partial charge in [0, 0.05) is 18.1 Å². The lowest BCUT2D eigenvalue weighted by atomic mass is 10.2. The van der Waals surface area contributed by atoms with Gasteiger partial charge < -0.3 is 10.1 Å². The molecule has 1 fully saturated rings. The average molecular weight is 242 g/mol. The van der Waals surface area contributed by atoms with Crippen molar-refractivity contribution < 1.29 is 4.74 Å². The highest BCUT2D eigenvalue weighted by Gasteiger charge is 2.19. The van der Waals surface area contributed by atoms with Crippen LogP contribution >= 0.6 is 0 Å². The molecule has 3 heteroatoms. The molecule has 0 bridgehead atoms. The summed E-state index contributed by atoms with van der Waals surface area (Å²) in [5.41, 5.74) is 0.946. The van der Waals surface area contributed by atoms with E-state index in [2.05, 4.69) is 22.4 Å². The van der Waals surface area contributed by atoms with Gasteiger partial charge in [-0.15, -0.1) is 0 Å². The number of benzene rings is 1. The van der Waals surface area contributed by atoms with Crippen molar-refractivity contribution in [1.82, 2.24) is 10.3 Å². The number of rotatable bonds is 6. The predicted octanol–water partition coefficient (Wildman–Crippen LogP) is 2.61. The third-order valence-corrected chi connectivity index (χ3v) is 3.26. The average Bonchev–Trinajstić information content (AvgIpc) is 3.23. The molecule has 0 aliphatic heterocycles. The van der Waals surface area contributed by atoms with Gasteiger partial charge in [0.1, 0.15) is 17.9 Å². The molecule has 1 saturated carbocycles. The molecule has 0 radical (unpaired) electrons. The zero-order valence-corrected chi connectivity index (χ0v) is 10.4. The summed E-state index contributed by atoms with van der Waals surface area (Å²) in [5.74, 6) is 1.80. The van der Waals surface area contributed by atoms with Crippen LogP contribution in [0.3, 0.4) is 0 Å². The van der Waals surface area contributed by atoms with Crippen LogP contribution < -0.4 is 10.1 Å². The van der Waals surface area contributed by atoms with Gasteiger partial charge in [0.2, 0.25) is 0 Å². The minimum atomic E-state index is 0.697. The largest absolute Gasteiger partial charge is 0.490 e. The summed E-state index contributed by atoms with van der Waals surface area (Å²) in [4.78, 5) is 4.37. The van der Waals surface area contributed by atoms with E-state index in [9.17, 15) is 0 Å². The molecule has 3 rings (SSSR count). The first-order valence-electron chi connectivity index (χ1n) is 6.61. The third kappa shape index (κ3) is 2.79. The predicted molar refractivity (Wildman–Crippen MR) is 72.8 cm³/mol. The summed E-state index contributed by atoms with van der Waals surface area (Å²) < 4.78 is 5.80. The number of hydrogen-bond donors (Lipinski definition) is 1. The summed E-state index contributed by atoms with van der Waals surface area (Å²) in [7, 11) is 0. The van der Waals surface area contributed by atoms with Crippen LogP contribution in [-0.4, -0.2) is 24.7 Å².